The van der Waals surface area contributed by atoms with E-state index in [0.717, 1.165) is 70.6 Å². The first-order valence-corrected chi connectivity index (χ1v) is 8.88. The first-order chi connectivity index (χ1) is 10.1. The Morgan fingerprint density at radius 2 is 1.71 bits per heavy atom. The van der Waals surface area contributed by atoms with Gasteiger partial charge in [0.05, 0.1) is 12.2 Å². The molecule has 1 atom stereocenters. The van der Waals surface area contributed by atoms with Crippen LogP contribution in [-0.2, 0) is 4.74 Å². The van der Waals surface area contributed by atoms with Crippen molar-refractivity contribution in [1.82, 2.24) is 9.80 Å². The molecule has 3 fully saturated rings. The van der Waals surface area contributed by atoms with E-state index in [-0.39, 0.29) is 0 Å². The summed E-state index contributed by atoms with van der Waals surface area (Å²) >= 11 is 0. The number of aliphatic hydroxyl groups is 1. The van der Waals surface area contributed by atoms with E-state index < -0.39 is 5.60 Å². The van der Waals surface area contributed by atoms with Crippen LogP contribution in [0.4, 0.5) is 0 Å². The van der Waals surface area contributed by atoms with E-state index in [1.165, 1.54) is 25.8 Å². The molecular weight excluding hydrogens is 264 g/mol. The van der Waals surface area contributed by atoms with Gasteiger partial charge in [-0.25, -0.2) is 0 Å². The topological polar surface area (TPSA) is 35.9 Å². The number of hydrogen-bond acceptors (Lipinski definition) is 4. The fourth-order valence-corrected chi connectivity index (χ4v) is 4.10. The van der Waals surface area contributed by atoms with E-state index in [4.69, 9.17) is 4.74 Å². The molecule has 0 spiro atoms. The van der Waals surface area contributed by atoms with Crippen LogP contribution in [0.1, 0.15) is 39.0 Å². The van der Waals surface area contributed by atoms with Crippen LogP contribution in [0.2, 0.25) is 0 Å². The molecule has 0 bridgehead atoms. The quantitative estimate of drug-likeness (QED) is 0.854. The van der Waals surface area contributed by atoms with Crippen LogP contribution < -0.4 is 0 Å². The Hall–Kier alpha value is -0.160. The number of rotatable bonds is 4. The highest BCUT2D eigenvalue weighted by molar-refractivity contribution is 4.89. The molecule has 2 heterocycles. The first-order valence-electron chi connectivity index (χ1n) is 8.88. The van der Waals surface area contributed by atoms with Gasteiger partial charge in [-0.1, -0.05) is 6.92 Å². The lowest BCUT2D eigenvalue weighted by Gasteiger charge is -2.42. The van der Waals surface area contributed by atoms with Gasteiger partial charge in [0, 0.05) is 45.9 Å². The van der Waals surface area contributed by atoms with Gasteiger partial charge in [0.15, 0.2) is 0 Å². The maximum Gasteiger partial charge on any atom is 0.0774 e. The Labute approximate surface area is 129 Å². The van der Waals surface area contributed by atoms with Crippen molar-refractivity contribution in [2.75, 3.05) is 52.5 Å². The van der Waals surface area contributed by atoms with E-state index in [0.29, 0.717) is 0 Å². The average molecular weight is 296 g/mol. The van der Waals surface area contributed by atoms with Crippen molar-refractivity contribution in [3.05, 3.63) is 0 Å². The highest BCUT2D eigenvalue weighted by Gasteiger charge is 2.34. The predicted octanol–water partition coefficient (Wildman–Crippen LogP) is 1.58. The summed E-state index contributed by atoms with van der Waals surface area (Å²) in [6.07, 6.45) is 5.61. The zero-order valence-electron chi connectivity index (χ0n) is 13.6. The third-order valence-electron chi connectivity index (χ3n) is 5.73. The molecule has 0 aromatic rings. The van der Waals surface area contributed by atoms with E-state index in [2.05, 4.69) is 16.7 Å². The van der Waals surface area contributed by atoms with Crippen LogP contribution in [0.25, 0.3) is 0 Å². The van der Waals surface area contributed by atoms with Gasteiger partial charge in [0.25, 0.3) is 0 Å². The molecule has 3 aliphatic rings. The zero-order valence-corrected chi connectivity index (χ0v) is 13.6. The maximum absolute atomic E-state index is 10.8. The van der Waals surface area contributed by atoms with Gasteiger partial charge in [0.2, 0.25) is 0 Å². The van der Waals surface area contributed by atoms with Crippen LogP contribution in [0.3, 0.4) is 0 Å². The minimum atomic E-state index is -0.409. The SMILES string of the molecule is CC1CCC(O)(CN2CCN(C[C@@H]3CCOC3)CC2)CC1. The van der Waals surface area contributed by atoms with Gasteiger partial charge in [-0.3, -0.25) is 4.90 Å². The van der Waals surface area contributed by atoms with Crippen molar-refractivity contribution in [1.29, 1.82) is 0 Å². The van der Waals surface area contributed by atoms with E-state index >= 15 is 0 Å². The van der Waals surface area contributed by atoms with Crippen molar-refractivity contribution in [2.24, 2.45) is 11.8 Å². The molecule has 1 N–H and O–H groups in total. The summed E-state index contributed by atoms with van der Waals surface area (Å²) in [4.78, 5) is 5.07. The predicted molar refractivity (Wildman–Crippen MR) is 84.4 cm³/mol. The molecule has 0 aromatic carbocycles. The number of nitrogens with zero attached hydrogens (tertiary/aromatic N) is 2. The molecule has 2 aliphatic heterocycles. The number of ether oxygens (including phenoxy) is 1. The molecule has 0 unspecified atom stereocenters. The lowest BCUT2D eigenvalue weighted by atomic mass is 9.79. The van der Waals surface area contributed by atoms with Gasteiger partial charge < -0.3 is 14.7 Å². The van der Waals surface area contributed by atoms with Crippen LogP contribution in [0.5, 0.6) is 0 Å². The van der Waals surface area contributed by atoms with Crippen molar-refractivity contribution < 1.29 is 9.84 Å². The molecule has 1 saturated carbocycles. The summed E-state index contributed by atoms with van der Waals surface area (Å²) in [5.74, 6) is 1.55. The molecule has 0 radical (unpaired) electrons. The van der Waals surface area contributed by atoms with Crippen LogP contribution in [-0.4, -0.2) is 73.0 Å². The first kappa shape index (κ1) is 15.7. The van der Waals surface area contributed by atoms with Crippen molar-refractivity contribution in [2.45, 2.75) is 44.6 Å². The Morgan fingerprint density at radius 3 is 2.33 bits per heavy atom. The normalized spacial score (nSPS) is 39.7. The molecule has 3 rings (SSSR count). The van der Waals surface area contributed by atoms with Crippen LogP contribution in [0.15, 0.2) is 0 Å². The zero-order chi connectivity index (χ0) is 14.7. The van der Waals surface area contributed by atoms with Gasteiger partial charge in [-0.05, 0) is 43.9 Å². The fourth-order valence-electron chi connectivity index (χ4n) is 4.10. The summed E-state index contributed by atoms with van der Waals surface area (Å²) in [5.41, 5.74) is -0.409. The van der Waals surface area contributed by atoms with Crippen LogP contribution >= 0.6 is 0 Å². The van der Waals surface area contributed by atoms with Gasteiger partial charge >= 0.3 is 0 Å². The summed E-state index contributed by atoms with van der Waals surface area (Å²) in [6.45, 7) is 10.9. The molecule has 122 valence electrons. The molecule has 2 saturated heterocycles. The molecule has 4 heteroatoms. The number of hydrogen-bond donors (Lipinski definition) is 1. The van der Waals surface area contributed by atoms with Crippen molar-refractivity contribution in [3.8, 4) is 0 Å². The Balaban J connectivity index is 1.39. The lowest BCUT2D eigenvalue weighted by molar-refractivity contribution is -0.0440. The summed E-state index contributed by atoms with van der Waals surface area (Å²) < 4.78 is 5.47. The largest absolute Gasteiger partial charge is 0.389 e. The van der Waals surface area contributed by atoms with E-state index in [9.17, 15) is 5.11 Å². The fraction of sp³-hybridized carbons (Fsp3) is 1.00. The minimum absolute atomic E-state index is 0.409. The highest BCUT2D eigenvalue weighted by atomic mass is 16.5. The third kappa shape index (κ3) is 4.41. The highest BCUT2D eigenvalue weighted by Crippen LogP contribution is 2.32. The smallest absolute Gasteiger partial charge is 0.0774 e. The Morgan fingerprint density at radius 1 is 1.05 bits per heavy atom. The van der Waals surface area contributed by atoms with E-state index in [1.54, 1.807) is 0 Å². The molecule has 0 amide bonds. The standard InChI is InChI=1S/C17H32N2O2/c1-15-2-5-17(20,6-3-15)14-19-9-7-18(8-10-19)12-16-4-11-21-13-16/h15-16,20H,2-14H2,1H3/t15?,16-,17?/m0/s1. The molecular formula is C17H32N2O2. The second-order valence-corrected chi connectivity index (χ2v) is 7.71. The summed E-state index contributed by atoms with van der Waals surface area (Å²) in [6, 6.07) is 0. The number of β-amino-alcohol motifs (C(OH)–C–C–N with tert-alkyl or cyclic N) is 1. The number of piperazine rings is 1. The molecule has 1 aliphatic carbocycles. The lowest BCUT2D eigenvalue weighted by Crippen LogP contribution is -2.53. The van der Waals surface area contributed by atoms with Crippen LogP contribution in [0, 0.1) is 11.8 Å². The maximum atomic E-state index is 10.8. The molecule has 0 aromatic heterocycles. The Bertz CT molecular complexity index is 315. The van der Waals surface area contributed by atoms with Crippen molar-refractivity contribution in [3.63, 3.8) is 0 Å². The average Bonchev–Trinajstić information content (AvgIpc) is 2.98. The second-order valence-electron chi connectivity index (χ2n) is 7.71. The third-order valence-corrected chi connectivity index (χ3v) is 5.73. The minimum Gasteiger partial charge on any atom is -0.389 e. The summed E-state index contributed by atoms with van der Waals surface area (Å²) in [7, 11) is 0. The van der Waals surface area contributed by atoms with Gasteiger partial charge in [0.1, 0.15) is 0 Å². The molecule has 4 nitrogen and oxygen atoms in total. The van der Waals surface area contributed by atoms with E-state index in [1.807, 2.05) is 0 Å². The summed E-state index contributed by atoms with van der Waals surface area (Å²) in [5, 5.41) is 10.8. The second kappa shape index (κ2) is 6.95. The van der Waals surface area contributed by atoms with Gasteiger partial charge in [-0.2, -0.15) is 0 Å². The Kier molecular flexibility index (Phi) is 5.20. The van der Waals surface area contributed by atoms with Crippen molar-refractivity contribution >= 4 is 0 Å². The van der Waals surface area contributed by atoms with Gasteiger partial charge in [-0.15, -0.1) is 0 Å². The molecule has 21 heavy (non-hydrogen) atoms. The monoisotopic (exact) mass is 296 g/mol.